The van der Waals surface area contributed by atoms with Gasteiger partial charge in [0.25, 0.3) is 0 Å². The van der Waals surface area contributed by atoms with Gasteiger partial charge >= 0.3 is 0 Å². The monoisotopic (exact) mass is 376 g/mol. The third-order valence-corrected chi connectivity index (χ3v) is 5.10. The fraction of sp³-hybridized carbons (Fsp3) is 0.474. The second-order valence-electron chi connectivity index (χ2n) is 6.11. The Labute approximate surface area is 159 Å². The quantitative estimate of drug-likeness (QED) is 0.547. The second kappa shape index (κ2) is 10.0. The van der Waals surface area contributed by atoms with Gasteiger partial charge in [-0.2, -0.15) is 0 Å². The molecule has 7 heteroatoms. The normalized spacial score (nSPS) is 11.5. The molecule has 2 rings (SSSR count). The van der Waals surface area contributed by atoms with E-state index >= 15 is 0 Å². The molecule has 6 nitrogen and oxygen atoms in total. The SMILES string of the molecule is CN=C(NCCc1csc(C(C)C)n1)NCc1ccc(OC)cc1OC. The number of hydrogen-bond acceptors (Lipinski definition) is 5. The van der Waals surface area contributed by atoms with Gasteiger partial charge in [0.15, 0.2) is 5.96 Å². The van der Waals surface area contributed by atoms with Gasteiger partial charge in [0.2, 0.25) is 0 Å². The van der Waals surface area contributed by atoms with Crippen LogP contribution in [0, 0.1) is 0 Å². The first-order valence-electron chi connectivity index (χ1n) is 8.67. The molecular formula is C19H28N4O2S. The Morgan fingerprint density at radius 2 is 2.04 bits per heavy atom. The number of guanidine groups is 1. The third-order valence-electron chi connectivity index (χ3n) is 3.90. The number of thiazole rings is 1. The maximum absolute atomic E-state index is 5.43. The number of benzene rings is 1. The van der Waals surface area contributed by atoms with Gasteiger partial charge < -0.3 is 20.1 Å². The van der Waals surface area contributed by atoms with E-state index in [-0.39, 0.29) is 0 Å². The average Bonchev–Trinajstić information content (AvgIpc) is 3.13. The number of aromatic nitrogens is 1. The van der Waals surface area contributed by atoms with Crippen LogP contribution in [-0.4, -0.2) is 38.8 Å². The van der Waals surface area contributed by atoms with Crippen LogP contribution >= 0.6 is 11.3 Å². The molecule has 0 aliphatic rings. The molecule has 0 atom stereocenters. The standard InChI is InChI=1S/C19H28N4O2S/c1-13(2)18-23-15(12-26-18)8-9-21-19(20-3)22-11-14-6-7-16(24-4)10-17(14)25-5/h6-7,10,12-13H,8-9,11H2,1-5H3,(H2,20,21,22). The predicted octanol–water partition coefficient (Wildman–Crippen LogP) is 3.19. The van der Waals surface area contributed by atoms with Crippen LogP contribution in [0.3, 0.4) is 0 Å². The van der Waals surface area contributed by atoms with Crippen LogP contribution in [0.5, 0.6) is 11.5 Å². The zero-order chi connectivity index (χ0) is 18.9. The predicted molar refractivity (Wildman–Crippen MR) is 108 cm³/mol. The van der Waals surface area contributed by atoms with Crippen LogP contribution in [0.25, 0.3) is 0 Å². The van der Waals surface area contributed by atoms with Crippen molar-refractivity contribution >= 4 is 17.3 Å². The van der Waals surface area contributed by atoms with E-state index in [1.54, 1.807) is 32.6 Å². The zero-order valence-electron chi connectivity index (χ0n) is 16.1. The van der Waals surface area contributed by atoms with Gasteiger partial charge in [0.05, 0.1) is 24.9 Å². The van der Waals surface area contributed by atoms with Gasteiger partial charge in [-0.1, -0.05) is 13.8 Å². The first kappa shape index (κ1) is 20.0. The molecule has 0 aliphatic carbocycles. The Hall–Kier alpha value is -2.28. The lowest BCUT2D eigenvalue weighted by Crippen LogP contribution is -2.37. The van der Waals surface area contributed by atoms with Crippen molar-refractivity contribution in [1.82, 2.24) is 15.6 Å². The number of ether oxygens (including phenoxy) is 2. The molecule has 26 heavy (non-hydrogen) atoms. The van der Waals surface area contributed by atoms with E-state index in [1.165, 1.54) is 5.01 Å². The molecule has 1 heterocycles. The highest BCUT2D eigenvalue weighted by atomic mass is 32.1. The largest absolute Gasteiger partial charge is 0.497 e. The van der Waals surface area contributed by atoms with Gasteiger partial charge in [0, 0.05) is 49.5 Å². The Morgan fingerprint density at radius 1 is 1.23 bits per heavy atom. The molecule has 0 saturated heterocycles. The smallest absolute Gasteiger partial charge is 0.191 e. The van der Waals surface area contributed by atoms with Crippen LogP contribution in [-0.2, 0) is 13.0 Å². The number of nitrogens with zero attached hydrogens (tertiary/aromatic N) is 2. The van der Waals surface area contributed by atoms with E-state index in [0.29, 0.717) is 12.5 Å². The highest BCUT2D eigenvalue weighted by Crippen LogP contribution is 2.24. The van der Waals surface area contributed by atoms with Crippen LogP contribution in [0.1, 0.15) is 36.0 Å². The fourth-order valence-electron chi connectivity index (χ4n) is 2.41. The molecule has 0 saturated carbocycles. The van der Waals surface area contributed by atoms with Gasteiger partial charge in [-0.15, -0.1) is 11.3 Å². The number of aliphatic imine (C=N–C) groups is 1. The molecule has 1 aromatic carbocycles. The Balaban J connectivity index is 1.84. The van der Waals surface area contributed by atoms with Crippen molar-refractivity contribution < 1.29 is 9.47 Å². The van der Waals surface area contributed by atoms with Crippen molar-refractivity contribution in [2.45, 2.75) is 32.7 Å². The van der Waals surface area contributed by atoms with E-state index in [1.807, 2.05) is 18.2 Å². The summed E-state index contributed by atoms with van der Waals surface area (Å²) in [4.78, 5) is 8.92. The minimum Gasteiger partial charge on any atom is -0.497 e. The number of rotatable bonds is 8. The highest BCUT2D eigenvalue weighted by molar-refractivity contribution is 7.09. The summed E-state index contributed by atoms with van der Waals surface area (Å²) in [5.41, 5.74) is 2.16. The molecule has 0 bridgehead atoms. The maximum atomic E-state index is 5.43. The first-order chi connectivity index (χ1) is 12.6. The summed E-state index contributed by atoms with van der Waals surface area (Å²) in [6.45, 7) is 5.72. The topological polar surface area (TPSA) is 67.8 Å². The van der Waals surface area contributed by atoms with Crippen LogP contribution < -0.4 is 20.1 Å². The summed E-state index contributed by atoms with van der Waals surface area (Å²) in [6, 6.07) is 5.78. The molecule has 142 valence electrons. The Morgan fingerprint density at radius 3 is 2.65 bits per heavy atom. The minimum atomic E-state index is 0.482. The molecule has 1 aromatic heterocycles. The molecule has 0 aliphatic heterocycles. The van der Waals surface area contributed by atoms with Crippen LogP contribution in [0.4, 0.5) is 0 Å². The van der Waals surface area contributed by atoms with Gasteiger partial charge in [-0.25, -0.2) is 4.98 Å². The Bertz CT molecular complexity index is 728. The summed E-state index contributed by atoms with van der Waals surface area (Å²) in [7, 11) is 5.07. The van der Waals surface area contributed by atoms with Gasteiger partial charge in [0.1, 0.15) is 11.5 Å². The lowest BCUT2D eigenvalue weighted by Gasteiger charge is -2.14. The summed E-state index contributed by atoms with van der Waals surface area (Å²) in [6.07, 6.45) is 0.871. The van der Waals surface area contributed by atoms with Crippen LogP contribution in [0.15, 0.2) is 28.6 Å². The van der Waals surface area contributed by atoms with Crippen molar-refractivity contribution in [1.29, 1.82) is 0 Å². The lowest BCUT2D eigenvalue weighted by molar-refractivity contribution is 0.390. The van der Waals surface area contributed by atoms with E-state index in [0.717, 1.165) is 41.7 Å². The summed E-state index contributed by atoms with van der Waals surface area (Å²) >= 11 is 1.73. The van der Waals surface area contributed by atoms with Gasteiger partial charge in [-0.05, 0) is 12.1 Å². The van der Waals surface area contributed by atoms with E-state index < -0.39 is 0 Å². The van der Waals surface area contributed by atoms with Crippen molar-refractivity contribution in [3.05, 3.63) is 39.8 Å². The van der Waals surface area contributed by atoms with Crippen LogP contribution in [0.2, 0.25) is 0 Å². The second-order valence-corrected chi connectivity index (χ2v) is 7.00. The summed E-state index contributed by atoms with van der Waals surface area (Å²) in [5.74, 6) is 2.80. The number of hydrogen-bond donors (Lipinski definition) is 2. The van der Waals surface area contributed by atoms with Crippen molar-refractivity contribution in [2.75, 3.05) is 27.8 Å². The molecule has 0 unspecified atom stereocenters. The number of methoxy groups -OCH3 is 2. The third kappa shape index (κ3) is 5.62. The lowest BCUT2D eigenvalue weighted by atomic mass is 10.2. The molecule has 2 aromatic rings. The van der Waals surface area contributed by atoms with E-state index in [4.69, 9.17) is 9.47 Å². The first-order valence-corrected chi connectivity index (χ1v) is 9.55. The molecule has 0 fully saturated rings. The van der Waals surface area contributed by atoms with E-state index in [2.05, 4.69) is 39.8 Å². The minimum absolute atomic E-state index is 0.482. The Kier molecular flexibility index (Phi) is 7.72. The average molecular weight is 377 g/mol. The number of nitrogens with one attached hydrogen (secondary N) is 2. The molecule has 0 radical (unpaired) electrons. The zero-order valence-corrected chi connectivity index (χ0v) is 16.9. The van der Waals surface area contributed by atoms with Crippen molar-refractivity contribution in [2.24, 2.45) is 4.99 Å². The summed E-state index contributed by atoms with van der Waals surface area (Å²) < 4.78 is 10.7. The fourth-order valence-corrected chi connectivity index (χ4v) is 3.28. The summed E-state index contributed by atoms with van der Waals surface area (Å²) in [5, 5.41) is 9.96. The molecular weight excluding hydrogens is 348 g/mol. The van der Waals surface area contributed by atoms with Gasteiger partial charge in [-0.3, -0.25) is 4.99 Å². The molecule has 2 N–H and O–H groups in total. The maximum Gasteiger partial charge on any atom is 0.191 e. The molecule has 0 spiro atoms. The molecule has 0 amide bonds. The highest BCUT2D eigenvalue weighted by Gasteiger charge is 2.08. The van der Waals surface area contributed by atoms with Crippen molar-refractivity contribution in [3.8, 4) is 11.5 Å². The van der Waals surface area contributed by atoms with E-state index in [9.17, 15) is 0 Å². The van der Waals surface area contributed by atoms with Crippen molar-refractivity contribution in [3.63, 3.8) is 0 Å².